The number of rotatable bonds is 3. The SMILES string of the molecule is COc1cc(OC(C)=O)c2cc(C)ccc2c1OC(C)=O. The van der Waals surface area contributed by atoms with Crippen molar-refractivity contribution in [2.75, 3.05) is 7.11 Å². The number of ether oxygens (including phenoxy) is 3. The first-order valence-electron chi connectivity index (χ1n) is 6.40. The molecule has 0 heterocycles. The van der Waals surface area contributed by atoms with Crippen molar-refractivity contribution in [2.24, 2.45) is 0 Å². The highest BCUT2D eigenvalue weighted by Crippen LogP contribution is 2.42. The summed E-state index contributed by atoms with van der Waals surface area (Å²) in [4.78, 5) is 22.5. The molecule has 2 aromatic rings. The number of fused-ring (bicyclic) bond motifs is 1. The highest BCUT2D eigenvalue weighted by atomic mass is 16.6. The summed E-state index contributed by atoms with van der Waals surface area (Å²) in [5, 5.41) is 1.33. The third-order valence-electron chi connectivity index (χ3n) is 2.89. The summed E-state index contributed by atoms with van der Waals surface area (Å²) in [6.07, 6.45) is 0. The third kappa shape index (κ3) is 3.13. The molecular formula is C16H16O5. The number of hydrogen-bond donors (Lipinski definition) is 0. The molecular weight excluding hydrogens is 272 g/mol. The number of benzene rings is 2. The Bertz CT molecular complexity index is 718. The maximum Gasteiger partial charge on any atom is 0.308 e. The average molecular weight is 288 g/mol. The Balaban J connectivity index is 2.77. The van der Waals surface area contributed by atoms with Crippen molar-refractivity contribution >= 4 is 22.7 Å². The summed E-state index contributed by atoms with van der Waals surface area (Å²) in [5.74, 6) is 0.137. The van der Waals surface area contributed by atoms with Crippen LogP contribution in [0.15, 0.2) is 24.3 Å². The monoisotopic (exact) mass is 288 g/mol. The van der Waals surface area contributed by atoms with Crippen molar-refractivity contribution < 1.29 is 23.8 Å². The van der Waals surface area contributed by atoms with E-state index in [-0.39, 0.29) is 0 Å². The second-order valence-electron chi connectivity index (χ2n) is 4.64. The highest BCUT2D eigenvalue weighted by molar-refractivity contribution is 5.98. The number of methoxy groups -OCH3 is 1. The molecule has 0 radical (unpaired) electrons. The van der Waals surface area contributed by atoms with Gasteiger partial charge in [0.25, 0.3) is 0 Å². The van der Waals surface area contributed by atoms with Crippen LogP contribution in [0.1, 0.15) is 19.4 Å². The van der Waals surface area contributed by atoms with Crippen LogP contribution >= 0.6 is 0 Å². The van der Waals surface area contributed by atoms with E-state index in [2.05, 4.69) is 0 Å². The van der Waals surface area contributed by atoms with E-state index >= 15 is 0 Å². The Hall–Kier alpha value is -2.56. The minimum atomic E-state index is -0.449. The Kier molecular flexibility index (Phi) is 4.12. The third-order valence-corrected chi connectivity index (χ3v) is 2.89. The van der Waals surface area contributed by atoms with Crippen LogP contribution in [0, 0.1) is 6.92 Å². The van der Waals surface area contributed by atoms with Crippen molar-refractivity contribution in [3.63, 3.8) is 0 Å². The first kappa shape index (κ1) is 14.8. The molecule has 5 nitrogen and oxygen atoms in total. The fraction of sp³-hybridized carbons (Fsp3) is 0.250. The smallest absolute Gasteiger partial charge is 0.308 e. The van der Waals surface area contributed by atoms with Crippen LogP contribution < -0.4 is 14.2 Å². The Morgan fingerprint density at radius 1 is 0.905 bits per heavy atom. The number of hydrogen-bond acceptors (Lipinski definition) is 5. The lowest BCUT2D eigenvalue weighted by atomic mass is 10.0. The number of esters is 2. The van der Waals surface area contributed by atoms with E-state index in [0.29, 0.717) is 28.0 Å². The molecule has 0 aliphatic carbocycles. The second kappa shape index (κ2) is 5.83. The highest BCUT2D eigenvalue weighted by Gasteiger charge is 2.17. The molecule has 0 saturated heterocycles. The molecule has 0 fully saturated rings. The molecule has 0 N–H and O–H groups in total. The molecule has 0 saturated carbocycles. The Morgan fingerprint density at radius 3 is 2.14 bits per heavy atom. The molecule has 0 spiro atoms. The maximum absolute atomic E-state index is 11.3. The van der Waals surface area contributed by atoms with Gasteiger partial charge in [-0.1, -0.05) is 17.7 Å². The van der Waals surface area contributed by atoms with Crippen molar-refractivity contribution in [2.45, 2.75) is 20.8 Å². The average Bonchev–Trinajstić information content (AvgIpc) is 2.40. The van der Waals surface area contributed by atoms with Crippen LogP contribution in [-0.4, -0.2) is 19.0 Å². The normalized spacial score (nSPS) is 10.3. The lowest BCUT2D eigenvalue weighted by Crippen LogP contribution is -2.06. The summed E-state index contributed by atoms with van der Waals surface area (Å²) < 4.78 is 15.7. The second-order valence-corrected chi connectivity index (χ2v) is 4.64. The zero-order chi connectivity index (χ0) is 15.6. The lowest BCUT2D eigenvalue weighted by Gasteiger charge is -2.15. The van der Waals surface area contributed by atoms with E-state index in [1.54, 1.807) is 12.1 Å². The van der Waals surface area contributed by atoms with Crippen molar-refractivity contribution in [3.05, 3.63) is 29.8 Å². The zero-order valence-corrected chi connectivity index (χ0v) is 12.4. The van der Waals surface area contributed by atoms with E-state index in [1.165, 1.54) is 21.0 Å². The van der Waals surface area contributed by atoms with Gasteiger partial charge in [0.2, 0.25) is 0 Å². The van der Waals surface area contributed by atoms with Crippen molar-refractivity contribution in [1.29, 1.82) is 0 Å². The van der Waals surface area contributed by atoms with Gasteiger partial charge in [0.15, 0.2) is 11.5 Å². The summed E-state index contributed by atoms with van der Waals surface area (Å²) in [6, 6.07) is 7.09. The van der Waals surface area contributed by atoms with E-state index in [0.717, 1.165) is 5.56 Å². The molecule has 5 heteroatoms. The topological polar surface area (TPSA) is 61.8 Å². The van der Waals surface area contributed by atoms with Crippen molar-refractivity contribution in [1.82, 2.24) is 0 Å². The summed E-state index contributed by atoms with van der Waals surface area (Å²) in [7, 11) is 1.46. The predicted molar refractivity (Wildman–Crippen MR) is 77.9 cm³/mol. The maximum atomic E-state index is 11.3. The zero-order valence-electron chi connectivity index (χ0n) is 12.4. The fourth-order valence-electron chi connectivity index (χ4n) is 2.09. The molecule has 0 amide bonds. The van der Waals surface area contributed by atoms with Gasteiger partial charge in [0, 0.05) is 30.7 Å². The summed E-state index contributed by atoms with van der Waals surface area (Å²) in [6.45, 7) is 4.57. The lowest BCUT2D eigenvalue weighted by molar-refractivity contribution is -0.133. The van der Waals surface area contributed by atoms with Crippen LogP contribution in [0.5, 0.6) is 17.2 Å². The van der Waals surface area contributed by atoms with E-state index < -0.39 is 11.9 Å². The van der Waals surface area contributed by atoms with E-state index in [1.807, 2.05) is 19.1 Å². The van der Waals surface area contributed by atoms with Crippen LogP contribution in [-0.2, 0) is 9.59 Å². The quantitative estimate of drug-likeness (QED) is 0.641. The van der Waals surface area contributed by atoms with Gasteiger partial charge in [0.1, 0.15) is 5.75 Å². The summed E-state index contributed by atoms with van der Waals surface area (Å²) in [5.41, 5.74) is 0.995. The van der Waals surface area contributed by atoms with Crippen molar-refractivity contribution in [3.8, 4) is 17.2 Å². The number of carbonyl (C=O) groups is 2. The molecule has 0 aliphatic heterocycles. The van der Waals surface area contributed by atoms with Crippen LogP contribution in [0.25, 0.3) is 10.8 Å². The predicted octanol–water partition coefficient (Wildman–Crippen LogP) is 3.01. The molecule has 110 valence electrons. The van der Waals surface area contributed by atoms with E-state index in [9.17, 15) is 9.59 Å². The molecule has 2 aromatic carbocycles. The van der Waals surface area contributed by atoms with Gasteiger partial charge in [-0.05, 0) is 13.0 Å². The molecule has 2 rings (SSSR count). The van der Waals surface area contributed by atoms with Gasteiger partial charge >= 0.3 is 11.9 Å². The van der Waals surface area contributed by atoms with Crippen LogP contribution in [0.4, 0.5) is 0 Å². The summed E-state index contributed by atoms with van der Waals surface area (Å²) >= 11 is 0. The van der Waals surface area contributed by atoms with Gasteiger partial charge < -0.3 is 14.2 Å². The largest absolute Gasteiger partial charge is 0.493 e. The van der Waals surface area contributed by atoms with Gasteiger partial charge in [-0.25, -0.2) is 0 Å². The molecule has 0 bridgehead atoms. The molecule has 0 aliphatic rings. The molecule has 0 unspecified atom stereocenters. The first-order valence-corrected chi connectivity index (χ1v) is 6.40. The van der Waals surface area contributed by atoms with Gasteiger partial charge in [0.05, 0.1) is 7.11 Å². The number of aryl methyl sites for hydroxylation is 1. The minimum Gasteiger partial charge on any atom is -0.493 e. The minimum absolute atomic E-state index is 0.316. The van der Waals surface area contributed by atoms with Crippen LogP contribution in [0.2, 0.25) is 0 Å². The standard InChI is InChI=1S/C16H16O5/c1-9-5-6-12-13(7-9)14(20-10(2)17)8-15(19-4)16(12)21-11(3)18/h5-8H,1-4H3. The van der Waals surface area contributed by atoms with Crippen LogP contribution in [0.3, 0.4) is 0 Å². The Morgan fingerprint density at radius 2 is 1.57 bits per heavy atom. The fourth-order valence-corrected chi connectivity index (χ4v) is 2.09. The van der Waals surface area contributed by atoms with Gasteiger partial charge in [-0.15, -0.1) is 0 Å². The van der Waals surface area contributed by atoms with E-state index in [4.69, 9.17) is 14.2 Å². The number of carbonyl (C=O) groups excluding carboxylic acids is 2. The van der Waals surface area contributed by atoms with Gasteiger partial charge in [-0.2, -0.15) is 0 Å². The molecule has 0 aromatic heterocycles. The Labute approximate surface area is 122 Å². The van der Waals surface area contributed by atoms with Gasteiger partial charge in [-0.3, -0.25) is 9.59 Å². The molecule has 21 heavy (non-hydrogen) atoms. The first-order chi connectivity index (χ1) is 9.92. The molecule has 0 atom stereocenters.